The van der Waals surface area contributed by atoms with E-state index in [1.807, 2.05) is 13.8 Å². The Morgan fingerprint density at radius 2 is 2.14 bits per heavy atom. The summed E-state index contributed by atoms with van der Waals surface area (Å²) >= 11 is 1.21. The van der Waals surface area contributed by atoms with Crippen LogP contribution >= 0.6 is 11.3 Å². The molecule has 1 saturated heterocycles. The SMILES string of the molecule is CC(C)Nc1nc(N)c(C(=O)N2CCCCC2C(N)=O)s1. The summed E-state index contributed by atoms with van der Waals surface area (Å²) in [6.45, 7) is 4.48. The Morgan fingerprint density at radius 1 is 1.43 bits per heavy atom. The average molecular weight is 311 g/mol. The molecule has 0 saturated carbocycles. The number of nitrogens with one attached hydrogen (secondary N) is 1. The Morgan fingerprint density at radius 3 is 2.76 bits per heavy atom. The van der Waals surface area contributed by atoms with Crippen molar-refractivity contribution in [3.8, 4) is 0 Å². The minimum atomic E-state index is -0.547. The number of thiazole rings is 1. The second-order valence-electron chi connectivity index (χ2n) is 5.44. The van der Waals surface area contributed by atoms with Gasteiger partial charge in [-0.1, -0.05) is 11.3 Å². The fraction of sp³-hybridized carbons (Fsp3) is 0.615. The number of nitrogens with two attached hydrogens (primary N) is 2. The zero-order valence-corrected chi connectivity index (χ0v) is 13.1. The van der Waals surface area contributed by atoms with Crippen LogP contribution in [0.4, 0.5) is 10.9 Å². The van der Waals surface area contributed by atoms with E-state index in [1.54, 1.807) is 0 Å². The highest BCUT2D eigenvalue weighted by molar-refractivity contribution is 7.18. The van der Waals surface area contributed by atoms with Gasteiger partial charge in [-0.15, -0.1) is 0 Å². The fourth-order valence-electron chi connectivity index (χ4n) is 2.39. The summed E-state index contributed by atoms with van der Waals surface area (Å²) in [6, 6.07) is -0.346. The van der Waals surface area contributed by atoms with E-state index in [0.29, 0.717) is 23.0 Å². The zero-order valence-electron chi connectivity index (χ0n) is 12.3. The zero-order chi connectivity index (χ0) is 15.6. The number of primary amides is 1. The Labute approximate surface area is 127 Å². The van der Waals surface area contributed by atoms with Crippen LogP contribution in [0.3, 0.4) is 0 Å². The van der Waals surface area contributed by atoms with E-state index < -0.39 is 11.9 Å². The Hall–Kier alpha value is -1.83. The van der Waals surface area contributed by atoms with Gasteiger partial charge in [-0.3, -0.25) is 9.59 Å². The molecule has 0 spiro atoms. The van der Waals surface area contributed by atoms with Crippen molar-refractivity contribution < 1.29 is 9.59 Å². The first-order chi connectivity index (χ1) is 9.90. The highest BCUT2D eigenvalue weighted by Gasteiger charge is 2.33. The molecule has 1 unspecified atom stereocenters. The third-order valence-corrected chi connectivity index (χ3v) is 4.34. The third-order valence-electron chi connectivity index (χ3n) is 3.35. The molecule has 2 heterocycles. The van der Waals surface area contributed by atoms with Crippen LogP contribution in [0.5, 0.6) is 0 Å². The van der Waals surface area contributed by atoms with Crippen molar-refractivity contribution in [1.29, 1.82) is 0 Å². The van der Waals surface area contributed by atoms with Gasteiger partial charge in [0.1, 0.15) is 16.7 Å². The second kappa shape index (κ2) is 6.30. The van der Waals surface area contributed by atoms with Gasteiger partial charge < -0.3 is 21.7 Å². The van der Waals surface area contributed by atoms with Crippen molar-refractivity contribution in [2.45, 2.75) is 45.2 Å². The lowest BCUT2D eigenvalue weighted by atomic mass is 10.0. The summed E-state index contributed by atoms with van der Waals surface area (Å²) in [7, 11) is 0. The maximum Gasteiger partial charge on any atom is 0.268 e. The van der Waals surface area contributed by atoms with Crippen LogP contribution in [-0.4, -0.2) is 40.3 Å². The number of carbonyl (C=O) groups excluding carboxylic acids is 2. The van der Waals surface area contributed by atoms with E-state index in [0.717, 1.165) is 12.8 Å². The van der Waals surface area contributed by atoms with Crippen LogP contribution in [0, 0.1) is 0 Å². The number of nitrogens with zero attached hydrogens (tertiary/aromatic N) is 2. The lowest BCUT2D eigenvalue weighted by Crippen LogP contribution is -2.50. The molecule has 1 aromatic heterocycles. The Balaban J connectivity index is 2.22. The number of rotatable bonds is 4. The number of nitrogen functional groups attached to an aromatic ring is 1. The van der Waals surface area contributed by atoms with Crippen LogP contribution in [0.25, 0.3) is 0 Å². The number of hydrogen-bond acceptors (Lipinski definition) is 6. The second-order valence-corrected chi connectivity index (χ2v) is 6.44. The van der Waals surface area contributed by atoms with Gasteiger partial charge in [-0.2, -0.15) is 0 Å². The number of amides is 2. The summed E-state index contributed by atoms with van der Waals surface area (Å²) in [4.78, 5) is 30.2. The molecule has 116 valence electrons. The topological polar surface area (TPSA) is 114 Å². The third kappa shape index (κ3) is 3.44. The molecule has 1 aliphatic rings. The van der Waals surface area contributed by atoms with Gasteiger partial charge in [0.05, 0.1) is 0 Å². The van der Waals surface area contributed by atoms with Crippen LogP contribution in [0.1, 0.15) is 42.8 Å². The van der Waals surface area contributed by atoms with Crippen LogP contribution in [0.15, 0.2) is 0 Å². The number of anilines is 2. The first-order valence-corrected chi connectivity index (χ1v) is 7.85. The largest absolute Gasteiger partial charge is 0.382 e. The molecule has 1 fully saturated rings. The normalized spacial score (nSPS) is 18.8. The lowest BCUT2D eigenvalue weighted by molar-refractivity contribution is -0.123. The number of carbonyl (C=O) groups is 2. The number of aromatic nitrogens is 1. The van der Waals surface area contributed by atoms with Gasteiger partial charge in [0.15, 0.2) is 5.13 Å². The van der Waals surface area contributed by atoms with Gasteiger partial charge >= 0.3 is 0 Å². The molecule has 0 bridgehead atoms. The number of likely N-dealkylation sites (tertiary alicyclic amines) is 1. The molecule has 7 nitrogen and oxygen atoms in total. The standard InChI is InChI=1S/C13H21N5O2S/c1-7(2)16-13-17-10(14)9(21-13)12(20)18-6-4-3-5-8(18)11(15)19/h7-8H,3-6,14H2,1-2H3,(H2,15,19)(H,16,17). The average Bonchev–Trinajstić information content (AvgIpc) is 2.77. The first kappa shape index (κ1) is 15.6. The van der Waals surface area contributed by atoms with Crippen LogP contribution in [0.2, 0.25) is 0 Å². The van der Waals surface area contributed by atoms with Gasteiger partial charge in [0.2, 0.25) is 5.91 Å². The molecule has 0 radical (unpaired) electrons. The van der Waals surface area contributed by atoms with Crippen molar-refractivity contribution in [2.75, 3.05) is 17.6 Å². The minimum absolute atomic E-state index is 0.196. The van der Waals surface area contributed by atoms with Crippen molar-refractivity contribution >= 4 is 34.1 Å². The van der Waals surface area contributed by atoms with Crippen LogP contribution in [-0.2, 0) is 4.79 Å². The maximum atomic E-state index is 12.6. The van der Waals surface area contributed by atoms with Gasteiger partial charge in [0.25, 0.3) is 5.91 Å². The molecule has 0 aromatic carbocycles. The molecule has 0 aliphatic carbocycles. The Kier molecular flexibility index (Phi) is 4.66. The number of piperidine rings is 1. The molecular weight excluding hydrogens is 290 g/mol. The summed E-state index contributed by atoms with van der Waals surface area (Å²) in [5.74, 6) is -0.529. The highest BCUT2D eigenvalue weighted by Crippen LogP contribution is 2.29. The summed E-state index contributed by atoms with van der Waals surface area (Å²) in [5.41, 5.74) is 11.2. The molecule has 1 aliphatic heterocycles. The molecule has 2 rings (SSSR count). The summed E-state index contributed by atoms with van der Waals surface area (Å²) in [5, 5.41) is 3.73. The van der Waals surface area contributed by atoms with E-state index in [-0.39, 0.29) is 17.8 Å². The lowest BCUT2D eigenvalue weighted by Gasteiger charge is -2.33. The summed E-state index contributed by atoms with van der Waals surface area (Å²) in [6.07, 6.45) is 2.37. The quantitative estimate of drug-likeness (QED) is 0.768. The fourth-order valence-corrected chi connectivity index (χ4v) is 3.38. The minimum Gasteiger partial charge on any atom is -0.382 e. The smallest absolute Gasteiger partial charge is 0.268 e. The van der Waals surface area contributed by atoms with Crippen molar-refractivity contribution in [3.05, 3.63) is 4.88 Å². The van der Waals surface area contributed by atoms with Gasteiger partial charge in [-0.05, 0) is 33.1 Å². The predicted octanol–water partition coefficient (Wildman–Crippen LogP) is 1.03. The van der Waals surface area contributed by atoms with Crippen molar-refractivity contribution in [1.82, 2.24) is 9.88 Å². The van der Waals surface area contributed by atoms with Crippen LogP contribution < -0.4 is 16.8 Å². The monoisotopic (exact) mass is 311 g/mol. The van der Waals surface area contributed by atoms with E-state index >= 15 is 0 Å². The maximum absolute atomic E-state index is 12.6. The van der Waals surface area contributed by atoms with E-state index in [4.69, 9.17) is 11.5 Å². The molecule has 5 N–H and O–H groups in total. The molecular formula is C13H21N5O2S. The van der Waals surface area contributed by atoms with E-state index in [9.17, 15) is 9.59 Å². The highest BCUT2D eigenvalue weighted by atomic mass is 32.1. The van der Waals surface area contributed by atoms with E-state index in [2.05, 4.69) is 10.3 Å². The summed E-state index contributed by atoms with van der Waals surface area (Å²) < 4.78 is 0. The van der Waals surface area contributed by atoms with E-state index in [1.165, 1.54) is 16.2 Å². The molecule has 21 heavy (non-hydrogen) atoms. The number of hydrogen-bond donors (Lipinski definition) is 3. The Bertz CT molecular complexity index is 543. The van der Waals surface area contributed by atoms with Crippen molar-refractivity contribution in [3.63, 3.8) is 0 Å². The predicted molar refractivity (Wildman–Crippen MR) is 83.2 cm³/mol. The first-order valence-electron chi connectivity index (χ1n) is 7.03. The van der Waals surface area contributed by atoms with Gasteiger partial charge in [0, 0.05) is 12.6 Å². The van der Waals surface area contributed by atoms with Gasteiger partial charge in [-0.25, -0.2) is 4.98 Å². The molecule has 1 aromatic rings. The molecule has 1 atom stereocenters. The molecule has 8 heteroatoms. The molecule has 2 amide bonds. The van der Waals surface area contributed by atoms with Crippen molar-refractivity contribution in [2.24, 2.45) is 5.73 Å².